The zero-order valence-corrected chi connectivity index (χ0v) is 12.9. The number of hydrogen-bond acceptors (Lipinski definition) is 3. The van der Waals surface area contributed by atoms with Crippen LogP contribution in [0.15, 0.2) is 41.8 Å². The normalized spacial score (nSPS) is 12.1. The van der Waals surface area contributed by atoms with Crippen LogP contribution in [-0.2, 0) is 0 Å². The summed E-state index contributed by atoms with van der Waals surface area (Å²) in [6.45, 7) is 4.09. The summed E-state index contributed by atoms with van der Waals surface area (Å²) < 4.78 is 0. The quantitative estimate of drug-likeness (QED) is 0.701. The molecule has 2 nitrogen and oxygen atoms in total. The lowest BCUT2D eigenvalue weighted by Crippen LogP contribution is -2.09. The van der Waals surface area contributed by atoms with E-state index in [0.717, 1.165) is 24.1 Å². The summed E-state index contributed by atoms with van der Waals surface area (Å²) >= 11 is 1.79. The minimum Gasteiger partial charge on any atom is -0.377 e. The third-order valence-corrected chi connectivity index (χ3v) is 4.32. The van der Waals surface area contributed by atoms with Gasteiger partial charge in [-0.3, -0.25) is 4.79 Å². The fourth-order valence-corrected chi connectivity index (χ4v) is 3.03. The molecule has 0 fully saturated rings. The van der Waals surface area contributed by atoms with Gasteiger partial charge in [0.2, 0.25) is 0 Å². The standard InChI is InChI=1S/C17H21NOS/c1-3-6-15(17-7-5-12-20-17)18-14-10-8-13(9-11-14)16(19)4-2/h5,7-12,15,18H,3-4,6H2,1-2H3. The smallest absolute Gasteiger partial charge is 0.162 e. The van der Waals surface area contributed by atoms with Crippen molar-refractivity contribution in [1.82, 2.24) is 0 Å². The molecule has 1 N–H and O–H groups in total. The molecule has 0 radical (unpaired) electrons. The van der Waals surface area contributed by atoms with Crippen LogP contribution in [-0.4, -0.2) is 5.78 Å². The highest BCUT2D eigenvalue weighted by molar-refractivity contribution is 7.10. The van der Waals surface area contributed by atoms with E-state index in [1.54, 1.807) is 11.3 Å². The van der Waals surface area contributed by atoms with Crippen LogP contribution in [0.25, 0.3) is 0 Å². The van der Waals surface area contributed by atoms with Gasteiger partial charge in [0.1, 0.15) is 0 Å². The molecule has 0 aliphatic heterocycles. The molecular formula is C17H21NOS. The second kappa shape index (κ2) is 7.25. The summed E-state index contributed by atoms with van der Waals surface area (Å²) in [5.74, 6) is 0.194. The fraction of sp³-hybridized carbons (Fsp3) is 0.353. The molecule has 0 aliphatic rings. The Labute approximate surface area is 124 Å². The van der Waals surface area contributed by atoms with Gasteiger partial charge >= 0.3 is 0 Å². The van der Waals surface area contributed by atoms with E-state index in [-0.39, 0.29) is 5.78 Å². The maximum absolute atomic E-state index is 11.6. The molecule has 1 aromatic carbocycles. The van der Waals surface area contributed by atoms with E-state index in [1.165, 1.54) is 4.88 Å². The van der Waals surface area contributed by atoms with E-state index in [0.29, 0.717) is 12.5 Å². The lowest BCUT2D eigenvalue weighted by molar-refractivity contribution is 0.0988. The van der Waals surface area contributed by atoms with Crippen LogP contribution >= 0.6 is 11.3 Å². The monoisotopic (exact) mass is 287 g/mol. The first-order valence-electron chi connectivity index (χ1n) is 7.17. The first-order chi connectivity index (χ1) is 9.74. The molecular weight excluding hydrogens is 266 g/mol. The highest BCUT2D eigenvalue weighted by Gasteiger charge is 2.11. The molecule has 1 aromatic heterocycles. The van der Waals surface area contributed by atoms with Crippen LogP contribution < -0.4 is 5.32 Å². The van der Waals surface area contributed by atoms with Crippen LogP contribution in [0.1, 0.15) is 54.4 Å². The topological polar surface area (TPSA) is 29.1 Å². The highest BCUT2D eigenvalue weighted by Crippen LogP contribution is 2.27. The number of benzene rings is 1. The Morgan fingerprint density at radius 2 is 1.95 bits per heavy atom. The van der Waals surface area contributed by atoms with Gasteiger partial charge in [0.15, 0.2) is 5.78 Å². The van der Waals surface area contributed by atoms with Crippen molar-refractivity contribution in [3.8, 4) is 0 Å². The maximum atomic E-state index is 11.6. The fourth-order valence-electron chi connectivity index (χ4n) is 2.22. The third-order valence-electron chi connectivity index (χ3n) is 3.33. The van der Waals surface area contributed by atoms with Crippen molar-refractivity contribution in [3.05, 3.63) is 52.2 Å². The van der Waals surface area contributed by atoms with E-state index < -0.39 is 0 Å². The van der Waals surface area contributed by atoms with Crippen LogP contribution in [0, 0.1) is 0 Å². The average molecular weight is 287 g/mol. The predicted octanol–water partition coefficient (Wildman–Crippen LogP) is 5.29. The lowest BCUT2D eigenvalue weighted by atomic mass is 10.1. The first kappa shape index (κ1) is 14.8. The number of hydrogen-bond donors (Lipinski definition) is 1. The minimum atomic E-state index is 0.194. The van der Waals surface area contributed by atoms with E-state index in [9.17, 15) is 4.79 Å². The van der Waals surface area contributed by atoms with Gasteiger partial charge in [0.25, 0.3) is 0 Å². The Hall–Kier alpha value is -1.61. The second-order valence-electron chi connectivity index (χ2n) is 4.86. The summed E-state index contributed by atoms with van der Waals surface area (Å²) in [5.41, 5.74) is 1.87. The Morgan fingerprint density at radius 3 is 2.50 bits per heavy atom. The minimum absolute atomic E-state index is 0.194. The second-order valence-corrected chi connectivity index (χ2v) is 5.83. The van der Waals surface area contributed by atoms with Crippen molar-refractivity contribution in [3.63, 3.8) is 0 Å². The van der Waals surface area contributed by atoms with Crippen molar-refractivity contribution < 1.29 is 4.79 Å². The molecule has 3 heteroatoms. The first-order valence-corrected chi connectivity index (χ1v) is 8.05. The number of thiophene rings is 1. The maximum Gasteiger partial charge on any atom is 0.162 e. The molecule has 20 heavy (non-hydrogen) atoms. The number of carbonyl (C=O) groups excluding carboxylic acids is 1. The molecule has 1 atom stereocenters. The van der Waals surface area contributed by atoms with Crippen LogP contribution in [0.4, 0.5) is 5.69 Å². The Morgan fingerprint density at radius 1 is 1.20 bits per heavy atom. The predicted molar refractivity (Wildman–Crippen MR) is 86.7 cm³/mol. The molecule has 0 saturated carbocycles. The summed E-state index contributed by atoms with van der Waals surface area (Å²) in [6, 6.07) is 12.4. The van der Waals surface area contributed by atoms with Gasteiger partial charge in [-0.05, 0) is 42.1 Å². The molecule has 0 aliphatic carbocycles. The third kappa shape index (κ3) is 3.70. The van der Waals surface area contributed by atoms with Crippen molar-refractivity contribution in [2.24, 2.45) is 0 Å². The zero-order valence-electron chi connectivity index (χ0n) is 12.1. The van der Waals surface area contributed by atoms with Gasteiger partial charge in [-0.2, -0.15) is 0 Å². The molecule has 0 bridgehead atoms. The van der Waals surface area contributed by atoms with E-state index in [4.69, 9.17) is 0 Å². The van der Waals surface area contributed by atoms with Crippen molar-refractivity contribution in [1.29, 1.82) is 0 Å². The summed E-state index contributed by atoms with van der Waals surface area (Å²) in [4.78, 5) is 13.0. The van der Waals surface area contributed by atoms with Gasteiger partial charge in [-0.25, -0.2) is 0 Å². The van der Waals surface area contributed by atoms with E-state index >= 15 is 0 Å². The van der Waals surface area contributed by atoms with Crippen LogP contribution in [0.2, 0.25) is 0 Å². The largest absolute Gasteiger partial charge is 0.377 e. The van der Waals surface area contributed by atoms with Crippen molar-refractivity contribution in [2.75, 3.05) is 5.32 Å². The lowest BCUT2D eigenvalue weighted by Gasteiger charge is -2.18. The number of carbonyl (C=O) groups is 1. The van der Waals surface area contributed by atoms with Crippen molar-refractivity contribution in [2.45, 2.75) is 39.2 Å². The van der Waals surface area contributed by atoms with E-state index in [1.807, 2.05) is 31.2 Å². The Kier molecular flexibility index (Phi) is 5.36. The molecule has 0 amide bonds. The summed E-state index contributed by atoms with van der Waals surface area (Å²) in [6.07, 6.45) is 2.80. The molecule has 2 aromatic rings. The highest BCUT2D eigenvalue weighted by atomic mass is 32.1. The van der Waals surface area contributed by atoms with E-state index in [2.05, 4.69) is 29.8 Å². The van der Waals surface area contributed by atoms with Gasteiger partial charge in [-0.1, -0.05) is 26.3 Å². The summed E-state index contributed by atoms with van der Waals surface area (Å²) in [7, 11) is 0. The Bertz CT molecular complexity index is 531. The molecule has 1 unspecified atom stereocenters. The Balaban J connectivity index is 2.09. The van der Waals surface area contributed by atoms with Crippen molar-refractivity contribution >= 4 is 22.8 Å². The summed E-state index contributed by atoms with van der Waals surface area (Å²) in [5, 5.41) is 5.68. The number of anilines is 1. The zero-order chi connectivity index (χ0) is 14.4. The number of ketones is 1. The van der Waals surface area contributed by atoms with Gasteiger partial charge < -0.3 is 5.32 Å². The number of nitrogens with one attached hydrogen (secondary N) is 1. The van der Waals surface area contributed by atoms with Gasteiger partial charge in [0.05, 0.1) is 6.04 Å². The molecule has 2 rings (SSSR count). The SMILES string of the molecule is CCCC(Nc1ccc(C(=O)CC)cc1)c1cccs1. The number of Topliss-reactive ketones (excluding diaryl/α,β-unsaturated/α-hetero) is 1. The molecule has 0 spiro atoms. The number of rotatable bonds is 7. The van der Waals surface area contributed by atoms with Gasteiger partial charge in [-0.15, -0.1) is 11.3 Å². The molecule has 0 saturated heterocycles. The van der Waals surface area contributed by atoms with Crippen LogP contribution in [0.3, 0.4) is 0 Å². The molecule has 1 heterocycles. The van der Waals surface area contributed by atoms with Gasteiger partial charge in [0, 0.05) is 22.5 Å². The molecule has 106 valence electrons. The van der Waals surface area contributed by atoms with Crippen LogP contribution in [0.5, 0.6) is 0 Å². The average Bonchev–Trinajstić information content (AvgIpc) is 3.01.